The van der Waals surface area contributed by atoms with Crippen LogP contribution in [0.1, 0.15) is 25.5 Å². The van der Waals surface area contributed by atoms with Crippen LogP contribution in [0.5, 0.6) is 0 Å². The van der Waals surface area contributed by atoms with Crippen LogP contribution in [-0.2, 0) is 19.1 Å². The molecular weight excluding hydrogens is 376 g/mol. The molecular formula is C17H22N2O9. The smallest absolute Gasteiger partial charge is 0.330 e. The second kappa shape index (κ2) is 9.44. The molecule has 1 aromatic rings. The number of aromatic amines is 1. The largest absolute Gasteiger partial charge is 0.481 e. The monoisotopic (exact) mass is 398 g/mol. The minimum Gasteiger partial charge on any atom is -0.481 e. The van der Waals surface area contributed by atoms with Crippen molar-refractivity contribution < 1.29 is 34.4 Å². The van der Waals surface area contributed by atoms with Gasteiger partial charge in [-0.2, -0.15) is 0 Å². The Kier molecular flexibility index (Phi) is 7.26. The van der Waals surface area contributed by atoms with Gasteiger partial charge in [0.2, 0.25) is 0 Å². The molecule has 0 aliphatic carbocycles. The quantitative estimate of drug-likeness (QED) is 0.293. The number of aliphatic carboxylic acids is 1. The van der Waals surface area contributed by atoms with Gasteiger partial charge in [0.1, 0.15) is 24.9 Å². The molecule has 0 saturated carbocycles. The minimum absolute atomic E-state index is 0.0934. The summed E-state index contributed by atoms with van der Waals surface area (Å²) in [6.45, 7) is 3.13. The number of nitrogens with one attached hydrogen (secondary N) is 1. The van der Waals surface area contributed by atoms with Crippen molar-refractivity contribution in [2.45, 2.75) is 43.8 Å². The van der Waals surface area contributed by atoms with E-state index >= 15 is 0 Å². The molecule has 1 unspecified atom stereocenters. The Morgan fingerprint density at radius 3 is 2.68 bits per heavy atom. The van der Waals surface area contributed by atoms with Gasteiger partial charge in [-0.05, 0) is 12.8 Å². The van der Waals surface area contributed by atoms with Crippen LogP contribution in [0.3, 0.4) is 0 Å². The highest BCUT2D eigenvalue weighted by molar-refractivity contribution is 5.74. The van der Waals surface area contributed by atoms with E-state index in [0.29, 0.717) is 0 Å². The number of carboxylic acid groups (broad SMARTS) is 1. The second-order valence-electron chi connectivity index (χ2n) is 6.32. The van der Waals surface area contributed by atoms with Crippen molar-refractivity contribution >= 4 is 11.9 Å². The Morgan fingerprint density at radius 1 is 1.36 bits per heavy atom. The van der Waals surface area contributed by atoms with E-state index in [9.17, 15) is 29.4 Å². The third-order valence-electron chi connectivity index (χ3n) is 4.35. The zero-order valence-corrected chi connectivity index (χ0v) is 14.9. The topological polar surface area (TPSA) is 168 Å². The molecule has 0 amide bonds. The van der Waals surface area contributed by atoms with Crippen molar-refractivity contribution in [2.24, 2.45) is 5.92 Å². The van der Waals surface area contributed by atoms with E-state index in [0.717, 1.165) is 16.8 Å². The van der Waals surface area contributed by atoms with Gasteiger partial charge in [0.15, 0.2) is 6.23 Å². The molecule has 11 nitrogen and oxygen atoms in total. The number of H-pyrrole nitrogens is 1. The zero-order chi connectivity index (χ0) is 20.8. The van der Waals surface area contributed by atoms with Crippen molar-refractivity contribution in [1.29, 1.82) is 0 Å². The fourth-order valence-corrected chi connectivity index (χ4v) is 2.80. The lowest BCUT2D eigenvalue weighted by Crippen LogP contribution is -2.37. The number of carbonyl (C=O) groups is 2. The van der Waals surface area contributed by atoms with Crippen molar-refractivity contribution in [3.8, 4) is 0 Å². The summed E-state index contributed by atoms with van der Waals surface area (Å²) in [6.07, 6.45) is -2.44. The number of hydrogen-bond donors (Lipinski definition) is 4. The highest BCUT2D eigenvalue weighted by Crippen LogP contribution is 2.28. The molecule has 1 fully saturated rings. The van der Waals surface area contributed by atoms with Gasteiger partial charge >= 0.3 is 17.6 Å². The van der Waals surface area contributed by atoms with Gasteiger partial charge in [0.05, 0.1) is 5.92 Å². The van der Waals surface area contributed by atoms with Crippen molar-refractivity contribution in [2.75, 3.05) is 6.61 Å². The van der Waals surface area contributed by atoms with Crippen LogP contribution in [0.15, 0.2) is 34.5 Å². The first-order valence-corrected chi connectivity index (χ1v) is 8.58. The molecule has 154 valence electrons. The van der Waals surface area contributed by atoms with Gasteiger partial charge in [-0.3, -0.25) is 23.9 Å². The molecule has 1 aliphatic rings. The molecule has 4 N–H and O–H groups in total. The van der Waals surface area contributed by atoms with Crippen LogP contribution in [0, 0.1) is 5.92 Å². The summed E-state index contributed by atoms with van der Waals surface area (Å²) in [5.74, 6) is -2.37. The summed E-state index contributed by atoms with van der Waals surface area (Å²) < 4.78 is 11.4. The van der Waals surface area contributed by atoms with Gasteiger partial charge in [-0.1, -0.05) is 6.08 Å². The first-order valence-electron chi connectivity index (χ1n) is 8.58. The normalized spacial score (nSPS) is 25.2. The Balaban J connectivity index is 1.96. The highest BCUT2D eigenvalue weighted by Gasteiger charge is 2.44. The highest BCUT2D eigenvalue weighted by atomic mass is 16.6. The van der Waals surface area contributed by atoms with Gasteiger partial charge in [0, 0.05) is 18.7 Å². The number of hydrogen-bond acceptors (Lipinski definition) is 8. The molecule has 2 heterocycles. The molecule has 0 spiro atoms. The number of ether oxygens (including phenoxy) is 2. The first-order chi connectivity index (χ1) is 13.2. The van der Waals surface area contributed by atoms with Crippen molar-refractivity contribution in [1.82, 2.24) is 9.55 Å². The average molecular weight is 398 g/mol. The number of aromatic nitrogens is 2. The maximum absolute atomic E-state index is 12.1. The number of esters is 1. The Bertz CT molecular complexity index is 830. The lowest BCUT2D eigenvalue weighted by molar-refractivity contribution is -0.153. The molecule has 1 aromatic heterocycles. The fraction of sp³-hybridized carbons (Fsp3) is 0.529. The van der Waals surface area contributed by atoms with Crippen LogP contribution in [-0.4, -0.2) is 61.7 Å². The average Bonchev–Trinajstić information content (AvgIpc) is 2.91. The minimum atomic E-state index is -1.49. The standard InChI is InChI=1S/C17H22N2O9/c1-2-9(4-3-5-12(21)22)16(25)27-8-10-13(23)14(24)15(28-10)19-7-6-11(20)18-17(19)26/h2,6-7,9-10,13-15,23-24H,1,3-5,8H2,(H,21,22)(H,18,20,26)/t9?,10-,13-,14-,15-/m1/s1. The predicted molar refractivity (Wildman–Crippen MR) is 93.4 cm³/mol. The summed E-state index contributed by atoms with van der Waals surface area (Å²) in [5.41, 5.74) is -1.45. The third kappa shape index (κ3) is 5.15. The van der Waals surface area contributed by atoms with Crippen LogP contribution in [0.25, 0.3) is 0 Å². The van der Waals surface area contributed by atoms with E-state index in [4.69, 9.17) is 14.6 Å². The number of aliphatic hydroxyl groups is 2. The lowest BCUT2D eigenvalue weighted by atomic mass is 10.0. The third-order valence-corrected chi connectivity index (χ3v) is 4.35. The Labute approximate surface area is 158 Å². The summed E-state index contributed by atoms with van der Waals surface area (Å²) in [4.78, 5) is 47.6. The fourth-order valence-electron chi connectivity index (χ4n) is 2.80. The Morgan fingerprint density at radius 2 is 2.07 bits per heavy atom. The summed E-state index contributed by atoms with van der Waals surface area (Å²) in [5, 5.41) is 28.9. The molecule has 28 heavy (non-hydrogen) atoms. The maximum atomic E-state index is 12.1. The molecule has 0 bridgehead atoms. The van der Waals surface area contributed by atoms with Crippen molar-refractivity contribution in [3.05, 3.63) is 45.8 Å². The molecule has 0 aromatic carbocycles. The summed E-state index contributed by atoms with van der Waals surface area (Å²) in [7, 11) is 0. The van der Waals surface area contributed by atoms with Crippen LogP contribution in [0.4, 0.5) is 0 Å². The predicted octanol–water partition coefficient (Wildman–Crippen LogP) is -1.24. The van der Waals surface area contributed by atoms with Gasteiger partial charge < -0.3 is 24.8 Å². The van der Waals surface area contributed by atoms with Crippen LogP contribution >= 0.6 is 0 Å². The lowest BCUT2D eigenvalue weighted by Gasteiger charge is -2.17. The number of rotatable bonds is 9. The summed E-state index contributed by atoms with van der Waals surface area (Å²) in [6, 6.07) is 1.06. The second-order valence-corrected chi connectivity index (χ2v) is 6.32. The zero-order valence-electron chi connectivity index (χ0n) is 14.9. The van der Waals surface area contributed by atoms with Gasteiger partial charge in [0.25, 0.3) is 5.56 Å². The molecule has 1 aliphatic heterocycles. The number of carboxylic acids is 1. The van der Waals surface area contributed by atoms with E-state index in [-0.39, 0.29) is 19.3 Å². The number of carbonyl (C=O) groups excluding carboxylic acids is 1. The summed E-state index contributed by atoms with van der Waals surface area (Å²) >= 11 is 0. The first kappa shape index (κ1) is 21.5. The van der Waals surface area contributed by atoms with Crippen LogP contribution < -0.4 is 11.2 Å². The maximum Gasteiger partial charge on any atom is 0.330 e. The Hall–Kier alpha value is -2.76. The molecule has 5 atom stereocenters. The SMILES string of the molecule is C=CC(CCCC(=O)O)C(=O)OC[C@H]1O[C@@H](n2ccc(=O)[nH]c2=O)[C@H](O)[C@@H]1O. The molecule has 2 rings (SSSR count). The number of aliphatic hydroxyl groups excluding tert-OH is 2. The van der Waals surface area contributed by atoms with Crippen molar-refractivity contribution in [3.63, 3.8) is 0 Å². The van der Waals surface area contributed by atoms with E-state index in [1.54, 1.807) is 0 Å². The molecule has 0 radical (unpaired) electrons. The van der Waals surface area contributed by atoms with Crippen LogP contribution in [0.2, 0.25) is 0 Å². The van der Waals surface area contributed by atoms with Gasteiger partial charge in [-0.25, -0.2) is 4.79 Å². The van der Waals surface area contributed by atoms with E-state index in [1.165, 1.54) is 6.08 Å². The number of nitrogens with zero attached hydrogens (tertiary/aromatic N) is 1. The van der Waals surface area contributed by atoms with E-state index < -0.39 is 60.3 Å². The van der Waals surface area contributed by atoms with Gasteiger partial charge in [-0.15, -0.1) is 6.58 Å². The van der Waals surface area contributed by atoms with E-state index in [1.807, 2.05) is 4.98 Å². The van der Waals surface area contributed by atoms with E-state index in [2.05, 4.69) is 6.58 Å². The molecule has 1 saturated heterocycles. The molecule has 11 heteroatoms.